The minimum Gasteiger partial charge on any atom is -0.486 e. The Kier molecular flexibility index (Phi) is 7.32. The molecule has 1 aliphatic heterocycles. The van der Waals surface area contributed by atoms with Gasteiger partial charge in [-0.05, 0) is 65.9 Å². The maximum atomic E-state index is 13.7. The number of halogens is 1. The quantitative estimate of drug-likeness (QED) is 0.338. The molecule has 0 spiro atoms. The predicted octanol–water partition coefficient (Wildman–Crippen LogP) is 5.38. The van der Waals surface area contributed by atoms with E-state index >= 15 is 0 Å². The van der Waals surface area contributed by atoms with Crippen LogP contribution in [0.3, 0.4) is 0 Å². The van der Waals surface area contributed by atoms with E-state index < -0.39 is 6.04 Å². The molecular weight excluding hydrogens is 493 g/mol. The standard InChI is InChI=1S/C28H26FN3O4S/c1-2-12-30-27(33)23-17-37-25(31-23)16-36-21-10-7-18-11-13-32(28(34)24-4-3-14-35-24)26(22(18)15-21)19-5-8-20(29)9-6-19/h3-10,14-15,17,26H,2,11-13,16H2,1H3,(H,30,33)/t26-/m0/s1. The molecule has 37 heavy (non-hydrogen) atoms. The van der Waals surface area contributed by atoms with E-state index in [4.69, 9.17) is 9.15 Å². The number of fused-ring (bicyclic) bond motifs is 1. The summed E-state index contributed by atoms with van der Waals surface area (Å²) in [4.78, 5) is 31.6. The Morgan fingerprint density at radius 3 is 2.81 bits per heavy atom. The van der Waals surface area contributed by atoms with Crippen LogP contribution in [0, 0.1) is 5.82 Å². The number of thiazole rings is 1. The van der Waals surface area contributed by atoms with Gasteiger partial charge in [-0.2, -0.15) is 0 Å². The summed E-state index contributed by atoms with van der Waals surface area (Å²) in [5, 5.41) is 5.22. The monoisotopic (exact) mass is 519 g/mol. The van der Waals surface area contributed by atoms with Gasteiger partial charge < -0.3 is 19.4 Å². The first-order chi connectivity index (χ1) is 18.0. The average molecular weight is 520 g/mol. The molecule has 0 bridgehead atoms. The lowest BCUT2D eigenvalue weighted by atomic mass is 9.87. The highest BCUT2D eigenvalue weighted by Gasteiger charge is 2.34. The van der Waals surface area contributed by atoms with E-state index in [9.17, 15) is 14.0 Å². The zero-order chi connectivity index (χ0) is 25.8. The van der Waals surface area contributed by atoms with E-state index in [1.54, 1.807) is 34.5 Å². The van der Waals surface area contributed by atoms with Gasteiger partial charge in [-0.15, -0.1) is 11.3 Å². The Balaban J connectivity index is 1.40. The van der Waals surface area contributed by atoms with E-state index in [1.807, 2.05) is 25.1 Å². The van der Waals surface area contributed by atoms with Gasteiger partial charge in [0.05, 0.1) is 12.3 Å². The third-order valence-electron chi connectivity index (χ3n) is 6.21. The summed E-state index contributed by atoms with van der Waals surface area (Å²) < 4.78 is 25.1. The summed E-state index contributed by atoms with van der Waals surface area (Å²) in [7, 11) is 0. The van der Waals surface area contributed by atoms with Crippen molar-refractivity contribution < 1.29 is 23.1 Å². The Hall–Kier alpha value is -3.98. The molecule has 4 aromatic rings. The summed E-state index contributed by atoms with van der Waals surface area (Å²) in [6.07, 6.45) is 3.00. The van der Waals surface area contributed by atoms with E-state index in [0.717, 1.165) is 23.1 Å². The fourth-order valence-electron chi connectivity index (χ4n) is 4.40. The molecule has 2 aromatic carbocycles. The zero-order valence-corrected chi connectivity index (χ0v) is 21.1. The number of benzene rings is 2. The second kappa shape index (κ2) is 11.0. The van der Waals surface area contributed by atoms with Gasteiger partial charge in [-0.3, -0.25) is 9.59 Å². The Bertz CT molecular complexity index is 1380. The average Bonchev–Trinajstić information content (AvgIpc) is 3.63. The lowest BCUT2D eigenvalue weighted by Gasteiger charge is -2.37. The summed E-state index contributed by atoms with van der Waals surface area (Å²) in [6, 6.07) is 14.9. The van der Waals surface area contributed by atoms with Crippen LogP contribution in [0.1, 0.15) is 62.1 Å². The van der Waals surface area contributed by atoms with Gasteiger partial charge in [0.2, 0.25) is 0 Å². The van der Waals surface area contributed by atoms with E-state index in [2.05, 4.69) is 10.3 Å². The van der Waals surface area contributed by atoms with Gasteiger partial charge in [0.25, 0.3) is 11.8 Å². The van der Waals surface area contributed by atoms with Crippen LogP contribution >= 0.6 is 11.3 Å². The first-order valence-electron chi connectivity index (χ1n) is 12.1. The molecule has 0 unspecified atom stereocenters. The van der Waals surface area contributed by atoms with E-state index in [0.29, 0.717) is 36.0 Å². The van der Waals surface area contributed by atoms with Crippen molar-refractivity contribution >= 4 is 23.2 Å². The molecule has 5 rings (SSSR count). The molecule has 0 saturated heterocycles. The number of aromatic nitrogens is 1. The van der Waals surface area contributed by atoms with Gasteiger partial charge >= 0.3 is 0 Å². The van der Waals surface area contributed by atoms with Gasteiger partial charge in [0.1, 0.15) is 28.9 Å². The van der Waals surface area contributed by atoms with Gasteiger partial charge in [0.15, 0.2) is 5.76 Å². The smallest absolute Gasteiger partial charge is 0.290 e. The number of carbonyl (C=O) groups is 2. The molecule has 0 fully saturated rings. The number of hydrogen-bond donors (Lipinski definition) is 1. The second-order valence-electron chi connectivity index (χ2n) is 8.71. The van der Waals surface area contributed by atoms with Crippen molar-refractivity contribution in [2.24, 2.45) is 0 Å². The molecule has 1 aliphatic rings. The number of carbonyl (C=O) groups excluding carboxylic acids is 2. The number of furan rings is 1. The normalized spacial score (nSPS) is 14.8. The van der Waals surface area contributed by atoms with Crippen LogP contribution in [0.4, 0.5) is 4.39 Å². The van der Waals surface area contributed by atoms with Crippen molar-refractivity contribution in [3.63, 3.8) is 0 Å². The fraction of sp³-hybridized carbons (Fsp3) is 0.250. The van der Waals surface area contributed by atoms with Crippen molar-refractivity contribution in [3.05, 3.63) is 105 Å². The molecule has 190 valence electrons. The van der Waals surface area contributed by atoms with Gasteiger partial charge in [-0.1, -0.05) is 25.1 Å². The van der Waals surface area contributed by atoms with Crippen molar-refractivity contribution in [2.45, 2.75) is 32.4 Å². The maximum absolute atomic E-state index is 13.7. The first-order valence-corrected chi connectivity index (χ1v) is 13.0. The SMILES string of the molecule is CCCNC(=O)c1csc(COc2ccc3c(c2)[C@H](c2ccc(F)cc2)N(C(=O)c2ccco2)CC3)n1. The fourth-order valence-corrected chi connectivity index (χ4v) is 5.09. The van der Waals surface area contributed by atoms with Gasteiger partial charge in [0, 0.05) is 18.5 Å². The second-order valence-corrected chi connectivity index (χ2v) is 9.65. The van der Waals surface area contributed by atoms with Crippen LogP contribution in [0.15, 0.2) is 70.7 Å². The zero-order valence-electron chi connectivity index (χ0n) is 20.3. The number of nitrogens with zero attached hydrogens (tertiary/aromatic N) is 2. The van der Waals surface area contributed by atoms with Gasteiger partial charge in [-0.25, -0.2) is 9.37 Å². The van der Waals surface area contributed by atoms with Crippen molar-refractivity contribution in [1.29, 1.82) is 0 Å². The molecule has 1 atom stereocenters. The Morgan fingerprint density at radius 1 is 1.22 bits per heavy atom. The minimum absolute atomic E-state index is 0.193. The largest absolute Gasteiger partial charge is 0.486 e. The number of hydrogen-bond acceptors (Lipinski definition) is 6. The highest BCUT2D eigenvalue weighted by atomic mass is 32.1. The van der Waals surface area contributed by atoms with Crippen LogP contribution in [-0.4, -0.2) is 34.8 Å². The number of ether oxygens (including phenoxy) is 1. The van der Waals surface area contributed by atoms with Crippen LogP contribution in [-0.2, 0) is 13.0 Å². The molecule has 2 amide bonds. The third-order valence-corrected chi connectivity index (χ3v) is 7.03. The molecule has 2 aromatic heterocycles. The molecule has 3 heterocycles. The predicted molar refractivity (Wildman–Crippen MR) is 137 cm³/mol. The van der Waals surface area contributed by atoms with E-state index in [-0.39, 0.29) is 30.0 Å². The molecule has 1 N–H and O–H groups in total. The lowest BCUT2D eigenvalue weighted by molar-refractivity contribution is 0.0661. The third kappa shape index (κ3) is 5.41. The Morgan fingerprint density at radius 2 is 2.05 bits per heavy atom. The highest BCUT2D eigenvalue weighted by Crippen LogP contribution is 2.38. The maximum Gasteiger partial charge on any atom is 0.290 e. The first kappa shape index (κ1) is 24.7. The van der Waals surface area contributed by atoms with E-state index in [1.165, 1.54) is 29.7 Å². The Labute approximate surface area is 217 Å². The minimum atomic E-state index is -0.431. The summed E-state index contributed by atoms with van der Waals surface area (Å²) in [5.74, 6) is 0.109. The number of nitrogens with one attached hydrogen (secondary N) is 1. The van der Waals surface area contributed by atoms with Crippen molar-refractivity contribution in [1.82, 2.24) is 15.2 Å². The topological polar surface area (TPSA) is 84.7 Å². The number of amides is 2. The molecule has 0 aliphatic carbocycles. The van der Waals surface area contributed by atoms with Crippen LogP contribution in [0.25, 0.3) is 0 Å². The van der Waals surface area contributed by atoms with Crippen LogP contribution in [0.2, 0.25) is 0 Å². The molecule has 0 radical (unpaired) electrons. The summed E-state index contributed by atoms with van der Waals surface area (Å²) in [5.41, 5.74) is 3.18. The summed E-state index contributed by atoms with van der Waals surface area (Å²) >= 11 is 1.37. The van der Waals surface area contributed by atoms with Crippen LogP contribution < -0.4 is 10.1 Å². The van der Waals surface area contributed by atoms with Crippen molar-refractivity contribution in [3.8, 4) is 5.75 Å². The lowest BCUT2D eigenvalue weighted by Crippen LogP contribution is -2.40. The molecule has 7 nitrogen and oxygen atoms in total. The molecular formula is C28H26FN3O4S. The van der Waals surface area contributed by atoms with Crippen LogP contribution in [0.5, 0.6) is 5.75 Å². The number of rotatable bonds is 8. The molecule has 0 saturated carbocycles. The summed E-state index contributed by atoms with van der Waals surface area (Å²) in [6.45, 7) is 3.30. The van der Waals surface area contributed by atoms with Crippen molar-refractivity contribution in [2.75, 3.05) is 13.1 Å². The molecule has 9 heteroatoms. The highest BCUT2D eigenvalue weighted by molar-refractivity contribution is 7.09.